The minimum absolute atomic E-state index is 0.0102. The molecule has 1 aromatic carbocycles. The van der Waals surface area contributed by atoms with Gasteiger partial charge in [0.2, 0.25) is 0 Å². The van der Waals surface area contributed by atoms with Crippen LogP contribution in [0.4, 0.5) is 0 Å². The van der Waals surface area contributed by atoms with Crippen LogP contribution in [0.3, 0.4) is 0 Å². The van der Waals surface area contributed by atoms with E-state index in [0.29, 0.717) is 23.7 Å². The van der Waals surface area contributed by atoms with E-state index in [1.807, 2.05) is 18.2 Å². The summed E-state index contributed by atoms with van der Waals surface area (Å²) in [6, 6.07) is 11.1. The number of aliphatic hydroxyl groups is 1. The van der Waals surface area contributed by atoms with Crippen molar-refractivity contribution in [1.82, 2.24) is 0 Å². The maximum Gasteiger partial charge on any atom is 0.172 e. The van der Waals surface area contributed by atoms with E-state index in [9.17, 15) is 15.8 Å². The number of rotatable bonds is 11. The molecule has 33 heavy (non-hydrogen) atoms. The number of hydrogen-bond acceptors (Lipinski definition) is 7. The van der Waals surface area contributed by atoms with E-state index in [0.717, 1.165) is 31.2 Å². The Morgan fingerprint density at radius 3 is 2.39 bits per heavy atom. The van der Waals surface area contributed by atoms with E-state index in [4.69, 9.17) is 19.3 Å². The lowest BCUT2D eigenvalue weighted by molar-refractivity contribution is 0.0954. The predicted octanol–water partition coefficient (Wildman–Crippen LogP) is 4.96. The van der Waals surface area contributed by atoms with Crippen molar-refractivity contribution >= 4 is 6.08 Å². The lowest BCUT2D eigenvalue weighted by Crippen LogP contribution is -2.20. The molecular weight excluding hydrogens is 418 g/mol. The minimum Gasteiger partial charge on any atom is -0.490 e. The van der Waals surface area contributed by atoms with Gasteiger partial charge in [0.25, 0.3) is 0 Å². The lowest BCUT2D eigenvalue weighted by atomic mass is 9.94. The van der Waals surface area contributed by atoms with Crippen molar-refractivity contribution in [3.05, 3.63) is 52.3 Å². The maximum atomic E-state index is 9.67. The van der Waals surface area contributed by atoms with Crippen LogP contribution in [0, 0.1) is 34.0 Å². The quantitative estimate of drug-likeness (QED) is 0.376. The average molecular weight is 448 g/mol. The van der Waals surface area contributed by atoms with Gasteiger partial charge in [-0.3, -0.25) is 0 Å². The molecule has 0 bridgehead atoms. The summed E-state index contributed by atoms with van der Waals surface area (Å²) in [5.41, 5.74) is 0.453. The fourth-order valence-corrected chi connectivity index (χ4v) is 3.39. The van der Waals surface area contributed by atoms with Crippen LogP contribution in [0.15, 0.2) is 46.8 Å². The Bertz CT molecular complexity index is 1050. The molecule has 0 amide bonds. The first-order valence-electron chi connectivity index (χ1n) is 11.0. The minimum atomic E-state index is -0.876. The summed E-state index contributed by atoms with van der Waals surface area (Å²) < 4.78 is 17.3. The molecule has 7 nitrogen and oxygen atoms in total. The van der Waals surface area contributed by atoms with E-state index in [1.54, 1.807) is 38.1 Å². The van der Waals surface area contributed by atoms with Crippen LogP contribution in [0.1, 0.15) is 52.0 Å². The summed E-state index contributed by atoms with van der Waals surface area (Å²) in [7, 11) is 0. The molecule has 0 radical (unpaired) electrons. The van der Waals surface area contributed by atoms with E-state index in [1.165, 1.54) is 0 Å². The molecule has 7 heteroatoms. The number of hydrogen-bond donors (Lipinski definition) is 1. The van der Waals surface area contributed by atoms with Crippen LogP contribution in [-0.4, -0.2) is 30.5 Å². The summed E-state index contributed by atoms with van der Waals surface area (Å²) in [4.78, 5) is 0. The van der Waals surface area contributed by atoms with Crippen LogP contribution in [0.25, 0.3) is 6.08 Å². The van der Waals surface area contributed by atoms with Crippen molar-refractivity contribution in [2.45, 2.75) is 52.1 Å². The molecule has 1 aromatic rings. The highest BCUT2D eigenvalue weighted by Gasteiger charge is 2.38. The Kier molecular flexibility index (Phi) is 9.55. The van der Waals surface area contributed by atoms with Crippen molar-refractivity contribution in [1.29, 1.82) is 15.8 Å². The highest BCUT2D eigenvalue weighted by Crippen LogP contribution is 2.40. The van der Waals surface area contributed by atoms with Gasteiger partial charge >= 0.3 is 0 Å². The largest absolute Gasteiger partial charge is 0.490 e. The molecule has 0 atom stereocenters. The maximum absolute atomic E-state index is 9.67. The third-order valence-electron chi connectivity index (χ3n) is 5.08. The molecule has 172 valence electrons. The van der Waals surface area contributed by atoms with Crippen LogP contribution in [-0.2, 0) is 4.74 Å². The van der Waals surface area contributed by atoms with Gasteiger partial charge in [-0.15, -0.1) is 0 Å². The second kappa shape index (κ2) is 12.3. The van der Waals surface area contributed by atoms with Crippen LogP contribution in [0.5, 0.6) is 11.5 Å². The SMILES string of the molecule is CCCCCCOc1cc(/C=C/C2=C(C#N)C(=C(C#N)C#N)OC2(C)C)ccc1OCCO. The molecule has 1 N–H and O–H groups in total. The Morgan fingerprint density at radius 1 is 1.03 bits per heavy atom. The zero-order valence-corrected chi connectivity index (χ0v) is 19.4. The fraction of sp³-hybridized carbons (Fsp3) is 0.423. The zero-order valence-electron chi connectivity index (χ0n) is 19.4. The first kappa shape index (κ1) is 25.5. The van der Waals surface area contributed by atoms with Crippen LogP contribution < -0.4 is 9.47 Å². The summed E-state index contributed by atoms with van der Waals surface area (Å²) in [6.07, 6.45) is 7.90. The molecule has 1 aliphatic rings. The van der Waals surface area contributed by atoms with E-state index in [2.05, 4.69) is 13.0 Å². The highest BCUT2D eigenvalue weighted by atomic mass is 16.5. The molecule has 0 spiro atoms. The molecule has 0 fully saturated rings. The Balaban J connectivity index is 2.35. The van der Waals surface area contributed by atoms with Crippen molar-refractivity contribution in [2.24, 2.45) is 0 Å². The van der Waals surface area contributed by atoms with Crippen molar-refractivity contribution in [2.75, 3.05) is 19.8 Å². The van der Waals surface area contributed by atoms with Gasteiger partial charge in [-0.2, -0.15) is 15.8 Å². The Morgan fingerprint density at radius 2 is 1.76 bits per heavy atom. The molecule has 0 saturated heterocycles. The highest BCUT2D eigenvalue weighted by molar-refractivity contribution is 5.65. The number of allylic oxidation sites excluding steroid dienone is 2. The van der Waals surface area contributed by atoms with Gasteiger partial charge in [-0.1, -0.05) is 44.4 Å². The van der Waals surface area contributed by atoms with Crippen LogP contribution >= 0.6 is 0 Å². The third-order valence-corrected chi connectivity index (χ3v) is 5.08. The summed E-state index contributed by atoms with van der Waals surface area (Å²) >= 11 is 0. The number of unbranched alkanes of at least 4 members (excludes halogenated alkanes) is 3. The van der Waals surface area contributed by atoms with Crippen molar-refractivity contribution in [3.63, 3.8) is 0 Å². The molecular formula is C26H29N3O4. The molecule has 2 rings (SSSR count). The van der Waals surface area contributed by atoms with Gasteiger partial charge in [-0.05, 0) is 38.0 Å². The standard InChI is InChI=1S/C26H29N3O4/c1-4-5-6-7-13-31-24-15-19(9-11-23(24)32-14-12-30)8-10-22-21(18-29)25(20(16-27)17-28)33-26(22,2)3/h8-11,15,30H,4-7,12-14H2,1-3H3/b10-8+. The number of nitrogens with zero attached hydrogens (tertiary/aromatic N) is 3. The molecule has 0 unspecified atom stereocenters. The fourth-order valence-electron chi connectivity index (χ4n) is 3.39. The number of ether oxygens (including phenoxy) is 3. The summed E-state index contributed by atoms with van der Waals surface area (Å²) in [5, 5.41) is 37.1. The molecule has 0 saturated carbocycles. The topological polar surface area (TPSA) is 119 Å². The number of nitriles is 3. The average Bonchev–Trinajstić information content (AvgIpc) is 3.06. The first-order chi connectivity index (χ1) is 15.9. The normalized spacial score (nSPS) is 14.4. The smallest absolute Gasteiger partial charge is 0.172 e. The predicted molar refractivity (Wildman–Crippen MR) is 124 cm³/mol. The first-order valence-corrected chi connectivity index (χ1v) is 11.0. The second-order valence-corrected chi connectivity index (χ2v) is 7.96. The Labute approximate surface area is 195 Å². The molecule has 1 heterocycles. The van der Waals surface area contributed by atoms with E-state index >= 15 is 0 Å². The zero-order chi connectivity index (χ0) is 24.3. The summed E-state index contributed by atoms with van der Waals surface area (Å²) in [5.74, 6) is 1.14. The summed E-state index contributed by atoms with van der Waals surface area (Å²) in [6.45, 7) is 6.34. The second-order valence-electron chi connectivity index (χ2n) is 7.96. The third kappa shape index (κ3) is 6.62. The van der Waals surface area contributed by atoms with Gasteiger partial charge in [0, 0.05) is 5.57 Å². The molecule has 1 aliphatic heterocycles. The monoisotopic (exact) mass is 447 g/mol. The van der Waals surface area contributed by atoms with Gasteiger partial charge in [0.1, 0.15) is 36.0 Å². The van der Waals surface area contributed by atoms with Gasteiger partial charge in [-0.25, -0.2) is 0 Å². The number of benzene rings is 1. The van der Waals surface area contributed by atoms with Gasteiger partial charge in [0.05, 0.1) is 13.2 Å². The van der Waals surface area contributed by atoms with Gasteiger partial charge in [0.15, 0.2) is 22.8 Å². The van der Waals surface area contributed by atoms with E-state index in [-0.39, 0.29) is 30.1 Å². The van der Waals surface area contributed by atoms with Crippen molar-refractivity contribution in [3.8, 4) is 29.7 Å². The Hall–Kier alpha value is -3.73. The lowest BCUT2D eigenvalue weighted by Gasteiger charge is -2.20. The number of aliphatic hydroxyl groups excluding tert-OH is 1. The molecule has 0 aliphatic carbocycles. The van der Waals surface area contributed by atoms with Crippen molar-refractivity contribution < 1.29 is 19.3 Å². The molecule has 0 aromatic heterocycles. The van der Waals surface area contributed by atoms with Gasteiger partial charge < -0.3 is 19.3 Å². The van der Waals surface area contributed by atoms with E-state index < -0.39 is 5.60 Å². The van der Waals surface area contributed by atoms with Crippen LogP contribution in [0.2, 0.25) is 0 Å².